The Kier molecular flexibility index (Phi) is 6.35. The summed E-state index contributed by atoms with van der Waals surface area (Å²) in [5.74, 6) is -0.942. The molecule has 24 heavy (non-hydrogen) atoms. The molecule has 0 fully saturated rings. The molecular formula is C19H26F2O2Si. The van der Waals surface area contributed by atoms with Crippen LogP contribution in [-0.2, 0) is 0 Å². The molecule has 132 valence electrons. The first-order valence-electron chi connectivity index (χ1n) is 8.21. The van der Waals surface area contributed by atoms with Crippen molar-refractivity contribution >= 4 is 13.9 Å². The molecule has 0 aliphatic rings. The molecule has 0 unspecified atom stereocenters. The van der Waals surface area contributed by atoms with E-state index in [-0.39, 0.29) is 5.56 Å². The van der Waals surface area contributed by atoms with Gasteiger partial charge in [0.05, 0.1) is 11.1 Å². The summed E-state index contributed by atoms with van der Waals surface area (Å²) in [5.41, 5.74) is 3.76. The summed E-state index contributed by atoms with van der Waals surface area (Å²) < 4.78 is 27.5. The van der Waals surface area contributed by atoms with Crippen molar-refractivity contribution < 1.29 is 18.7 Å². The number of rotatable bonds is 4. The first kappa shape index (κ1) is 20.4. The van der Waals surface area contributed by atoms with Crippen LogP contribution in [0.3, 0.4) is 0 Å². The van der Waals surface area contributed by atoms with Gasteiger partial charge in [0.25, 0.3) is 0 Å². The molecule has 0 bridgehead atoms. The molecule has 5 heteroatoms. The lowest BCUT2D eigenvalue weighted by Gasteiger charge is -2.38. The van der Waals surface area contributed by atoms with Crippen molar-refractivity contribution in [3.05, 3.63) is 28.8 Å². The van der Waals surface area contributed by atoms with Crippen molar-refractivity contribution in [2.75, 3.05) is 0 Å². The molecule has 0 saturated carbocycles. The normalized spacial score (nSPS) is 11.8. The predicted molar refractivity (Wildman–Crippen MR) is 96.0 cm³/mol. The van der Waals surface area contributed by atoms with Gasteiger partial charge in [-0.05, 0) is 29.6 Å². The molecule has 1 aromatic rings. The number of carbonyl (C=O) groups is 1. The summed E-state index contributed by atoms with van der Waals surface area (Å²) in [6.45, 7) is 13.9. The molecule has 1 N–H and O–H groups in total. The van der Waals surface area contributed by atoms with E-state index in [0.29, 0.717) is 16.6 Å². The number of hydrogen-bond acceptors (Lipinski definition) is 2. The van der Waals surface area contributed by atoms with Crippen LogP contribution in [0.15, 0.2) is 6.07 Å². The van der Waals surface area contributed by atoms with E-state index in [1.54, 1.807) is 0 Å². The molecule has 0 radical (unpaired) electrons. The molecule has 0 aliphatic carbocycles. The fraction of sp³-hybridized carbons (Fsp3) is 0.526. The van der Waals surface area contributed by atoms with Crippen LogP contribution < -0.4 is 0 Å². The zero-order valence-electron chi connectivity index (χ0n) is 15.4. The van der Waals surface area contributed by atoms with E-state index in [1.165, 1.54) is 0 Å². The smallest absolute Gasteiger partial charge is 0.173 e. The topological polar surface area (TPSA) is 37.3 Å². The highest BCUT2D eigenvalue weighted by molar-refractivity contribution is 6.90. The first-order valence-corrected chi connectivity index (χ1v) is 10.4. The van der Waals surface area contributed by atoms with Crippen LogP contribution in [-0.4, -0.2) is 19.0 Å². The van der Waals surface area contributed by atoms with Gasteiger partial charge < -0.3 is 5.11 Å². The van der Waals surface area contributed by atoms with Gasteiger partial charge in [0.1, 0.15) is 13.8 Å². The quantitative estimate of drug-likeness (QED) is 0.445. The minimum atomic E-state index is -2.08. The lowest BCUT2D eigenvalue weighted by molar-refractivity contribution is 0.101. The Hall–Kier alpha value is -1.67. The maximum Gasteiger partial charge on any atom is 0.173 e. The SMILES string of the molecule is CC(=O)c1c(O)c(C#C[Si](C(C)C)(C(C)C)C(C)C)cc(F)c1F. The number of phenols is 1. The minimum absolute atomic E-state index is 0.0297. The Balaban J connectivity index is 3.62. The third-order valence-corrected chi connectivity index (χ3v) is 11.1. The predicted octanol–water partition coefficient (Wildman–Crippen LogP) is 5.44. The summed E-state index contributed by atoms with van der Waals surface area (Å²) >= 11 is 0. The second kappa shape index (κ2) is 7.48. The van der Waals surface area contributed by atoms with Gasteiger partial charge in [-0.15, -0.1) is 5.54 Å². The Morgan fingerprint density at radius 1 is 1.08 bits per heavy atom. The lowest BCUT2D eigenvalue weighted by Crippen LogP contribution is -2.43. The fourth-order valence-corrected chi connectivity index (χ4v) is 8.86. The van der Waals surface area contributed by atoms with Crippen LogP contribution in [0, 0.1) is 23.1 Å². The summed E-state index contributed by atoms with van der Waals surface area (Å²) in [5, 5.41) is 10.2. The standard InChI is InChI=1S/C19H26F2O2Si/c1-11(2)24(12(3)4,13(5)6)9-8-15-10-16(20)18(21)17(14(7)22)19(15)23/h10-13,23H,1-7H3. The highest BCUT2D eigenvalue weighted by Crippen LogP contribution is 2.41. The summed E-state index contributed by atoms with van der Waals surface area (Å²) in [4.78, 5) is 11.5. The van der Waals surface area contributed by atoms with Crippen molar-refractivity contribution in [3.8, 4) is 17.2 Å². The van der Waals surface area contributed by atoms with Gasteiger partial charge in [-0.2, -0.15) is 0 Å². The fourth-order valence-electron chi connectivity index (χ4n) is 3.64. The van der Waals surface area contributed by atoms with E-state index in [1.807, 2.05) is 0 Å². The van der Waals surface area contributed by atoms with Gasteiger partial charge in [-0.1, -0.05) is 47.5 Å². The number of carbonyl (C=O) groups excluding carboxylic acids is 1. The molecule has 0 spiro atoms. The van der Waals surface area contributed by atoms with Crippen LogP contribution in [0.5, 0.6) is 5.75 Å². The maximum absolute atomic E-state index is 13.8. The zero-order valence-corrected chi connectivity index (χ0v) is 16.4. The molecule has 0 saturated heterocycles. The van der Waals surface area contributed by atoms with E-state index in [0.717, 1.165) is 13.0 Å². The molecule has 0 aliphatic heterocycles. The molecule has 1 rings (SSSR count). The second-order valence-corrected chi connectivity index (χ2v) is 12.7. The highest BCUT2D eigenvalue weighted by atomic mass is 28.3. The van der Waals surface area contributed by atoms with Crippen LogP contribution in [0.25, 0.3) is 0 Å². The molecule has 1 aromatic carbocycles. The Labute approximate surface area is 144 Å². The van der Waals surface area contributed by atoms with Crippen LogP contribution in [0.1, 0.15) is 64.4 Å². The number of halogens is 2. The zero-order chi connectivity index (χ0) is 18.8. The van der Waals surface area contributed by atoms with Crippen molar-refractivity contribution in [2.45, 2.75) is 65.1 Å². The maximum atomic E-state index is 13.8. The Bertz CT molecular complexity index is 676. The van der Waals surface area contributed by atoms with E-state index in [2.05, 4.69) is 53.0 Å². The summed E-state index contributed by atoms with van der Waals surface area (Å²) in [6, 6.07) is 0.865. The number of phenolic OH excluding ortho intramolecular Hbond substituents is 1. The lowest BCUT2D eigenvalue weighted by atomic mass is 10.1. The van der Waals surface area contributed by atoms with E-state index < -0.39 is 36.8 Å². The van der Waals surface area contributed by atoms with Gasteiger partial charge in [0, 0.05) is 0 Å². The highest BCUT2D eigenvalue weighted by Gasteiger charge is 2.41. The van der Waals surface area contributed by atoms with Crippen LogP contribution in [0.2, 0.25) is 16.6 Å². The average molecular weight is 352 g/mol. The molecule has 0 aromatic heterocycles. The molecule has 0 heterocycles. The third-order valence-electron chi connectivity index (χ3n) is 4.82. The van der Waals surface area contributed by atoms with Crippen LogP contribution >= 0.6 is 0 Å². The van der Waals surface area contributed by atoms with Gasteiger partial charge in [-0.25, -0.2) is 8.78 Å². The molecule has 2 nitrogen and oxygen atoms in total. The molecule has 0 atom stereocenters. The number of aromatic hydroxyl groups is 1. The van der Waals surface area contributed by atoms with Gasteiger partial charge >= 0.3 is 0 Å². The number of benzene rings is 1. The largest absolute Gasteiger partial charge is 0.506 e. The van der Waals surface area contributed by atoms with Crippen molar-refractivity contribution in [1.82, 2.24) is 0 Å². The van der Waals surface area contributed by atoms with Crippen LogP contribution in [0.4, 0.5) is 8.78 Å². The molecule has 0 amide bonds. The number of hydrogen-bond donors (Lipinski definition) is 1. The van der Waals surface area contributed by atoms with E-state index in [4.69, 9.17) is 0 Å². The van der Waals surface area contributed by atoms with E-state index in [9.17, 15) is 18.7 Å². The summed E-state index contributed by atoms with van der Waals surface area (Å²) in [7, 11) is -2.08. The second-order valence-electron chi connectivity index (χ2n) is 7.15. The van der Waals surface area contributed by atoms with E-state index >= 15 is 0 Å². The average Bonchev–Trinajstić information content (AvgIpc) is 2.43. The Morgan fingerprint density at radius 3 is 1.92 bits per heavy atom. The van der Waals surface area contributed by atoms with Gasteiger partial charge in [0.2, 0.25) is 0 Å². The number of ketones is 1. The number of Topliss-reactive ketones (excluding diaryl/α,β-unsaturated/α-hetero) is 1. The van der Waals surface area contributed by atoms with Crippen molar-refractivity contribution in [3.63, 3.8) is 0 Å². The minimum Gasteiger partial charge on any atom is -0.506 e. The monoisotopic (exact) mass is 352 g/mol. The van der Waals surface area contributed by atoms with Crippen molar-refractivity contribution in [1.29, 1.82) is 0 Å². The summed E-state index contributed by atoms with van der Waals surface area (Å²) in [6.07, 6.45) is 0. The van der Waals surface area contributed by atoms with Gasteiger partial charge in [0.15, 0.2) is 17.4 Å². The third kappa shape index (κ3) is 3.54. The molecular weight excluding hydrogens is 326 g/mol. The first-order chi connectivity index (χ1) is 11.0. The Morgan fingerprint density at radius 2 is 1.54 bits per heavy atom. The van der Waals surface area contributed by atoms with Crippen molar-refractivity contribution in [2.24, 2.45) is 0 Å². The van der Waals surface area contributed by atoms with Gasteiger partial charge in [-0.3, -0.25) is 4.79 Å².